The lowest BCUT2D eigenvalue weighted by Gasteiger charge is -2.16. The van der Waals surface area contributed by atoms with Crippen LogP contribution < -0.4 is 20.9 Å². The Morgan fingerprint density at radius 2 is 1.91 bits per heavy atom. The Bertz CT molecular complexity index is 895. The van der Waals surface area contributed by atoms with Crippen molar-refractivity contribution in [1.82, 2.24) is 16.1 Å². The van der Waals surface area contributed by atoms with Crippen molar-refractivity contribution in [1.29, 1.82) is 0 Å². The summed E-state index contributed by atoms with van der Waals surface area (Å²) in [6.45, 7) is 4.38. The predicted octanol–water partition coefficient (Wildman–Crippen LogP) is 3.24. The first-order chi connectivity index (χ1) is 15.5. The van der Waals surface area contributed by atoms with Gasteiger partial charge in [0, 0.05) is 17.9 Å². The van der Waals surface area contributed by atoms with Gasteiger partial charge in [0.2, 0.25) is 11.8 Å². The van der Waals surface area contributed by atoms with Crippen LogP contribution in [0, 0.1) is 5.92 Å². The van der Waals surface area contributed by atoms with Crippen LogP contribution >= 0.6 is 0 Å². The molecule has 1 aromatic carbocycles. The lowest BCUT2D eigenvalue weighted by molar-refractivity contribution is -0.135. The fourth-order valence-corrected chi connectivity index (χ4v) is 3.20. The van der Waals surface area contributed by atoms with Gasteiger partial charge in [-0.1, -0.05) is 38.3 Å². The highest BCUT2D eigenvalue weighted by Gasteiger charge is 2.21. The van der Waals surface area contributed by atoms with E-state index in [-0.39, 0.29) is 24.8 Å². The standard InChI is InChI=1S/C23H31N3O6/c1-3-5-6-8-17(14-21(27)26-30)22(28)24-15-25-23(29)20-12-11-19(32-20)16-9-7-10-18(13-16)31-4-2/h7,9-13,17,30H,3-6,8,14-15H2,1-2H3,(H,24,28)(H,25,29)(H,26,27)/t17-/m1/s1. The number of ether oxygens (including phenoxy) is 1. The fourth-order valence-electron chi connectivity index (χ4n) is 3.20. The van der Waals surface area contributed by atoms with E-state index >= 15 is 0 Å². The lowest BCUT2D eigenvalue weighted by Crippen LogP contribution is -2.41. The number of unbranched alkanes of at least 4 members (excludes halogenated alkanes) is 2. The van der Waals surface area contributed by atoms with E-state index in [9.17, 15) is 14.4 Å². The summed E-state index contributed by atoms with van der Waals surface area (Å²) in [6.07, 6.45) is 3.11. The second-order valence-electron chi connectivity index (χ2n) is 7.28. The molecule has 174 valence electrons. The summed E-state index contributed by atoms with van der Waals surface area (Å²) < 4.78 is 11.1. The largest absolute Gasteiger partial charge is 0.494 e. The maximum atomic E-state index is 12.4. The third-order valence-electron chi connectivity index (χ3n) is 4.85. The van der Waals surface area contributed by atoms with Crippen LogP contribution in [-0.4, -0.2) is 36.2 Å². The van der Waals surface area contributed by atoms with Gasteiger partial charge in [0.15, 0.2) is 5.76 Å². The molecule has 0 aliphatic rings. The van der Waals surface area contributed by atoms with E-state index in [1.165, 1.54) is 0 Å². The molecule has 1 aromatic heterocycles. The molecule has 2 rings (SSSR count). The van der Waals surface area contributed by atoms with Gasteiger partial charge in [-0.25, -0.2) is 5.48 Å². The van der Waals surface area contributed by atoms with Crippen molar-refractivity contribution in [3.63, 3.8) is 0 Å². The Morgan fingerprint density at radius 1 is 1.09 bits per heavy atom. The lowest BCUT2D eigenvalue weighted by atomic mass is 9.96. The number of rotatable bonds is 13. The molecule has 0 saturated carbocycles. The van der Waals surface area contributed by atoms with Crippen molar-refractivity contribution in [2.45, 2.75) is 46.0 Å². The Hall–Kier alpha value is -3.33. The SMILES string of the molecule is CCCCC[C@H](CC(=O)NO)C(=O)NCNC(=O)c1ccc(-c2cccc(OCC)c2)o1. The minimum Gasteiger partial charge on any atom is -0.494 e. The van der Waals surface area contributed by atoms with Crippen LogP contribution in [0.5, 0.6) is 5.75 Å². The summed E-state index contributed by atoms with van der Waals surface area (Å²) >= 11 is 0. The molecule has 1 heterocycles. The van der Waals surface area contributed by atoms with E-state index in [0.29, 0.717) is 24.5 Å². The molecule has 0 radical (unpaired) electrons. The van der Waals surface area contributed by atoms with Crippen LogP contribution in [0.15, 0.2) is 40.8 Å². The van der Waals surface area contributed by atoms with Crippen LogP contribution in [0.25, 0.3) is 11.3 Å². The van der Waals surface area contributed by atoms with Gasteiger partial charge < -0.3 is 19.8 Å². The average Bonchev–Trinajstić information content (AvgIpc) is 3.29. The first kappa shape index (κ1) is 24.9. The molecular weight excluding hydrogens is 414 g/mol. The van der Waals surface area contributed by atoms with Gasteiger partial charge in [-0.2, -0.15) is 0 Å². The second kappa shape index (κ2) is 13.2. The number of benzene rings is 1. The summed E-state index contributed by atoms with van der Waals surface area (Å²) in [5.74, 6) is -0.716. The van der Waals surface area contributed by atoms with Crippen LogP contribution in [0.1, 0.15) is 56.5 Å². The predicted molar refractivity (Wildman–Crippen MR) is 118 cm³/mol. The Kier molecular flexibility index (Phi) is 10.3. The number of carbonyl (C=O) groups is 3. The second-order valence-corrected chi connectivity index (χ2v) is 7.28. The maximum absolute atomic E-state index is 12.4. The molecule has 2 aromatic rings. The van der Waals surface area contributed by atoms with E-state index in [1.54, 1.807) is 17.6 Å². The van der Waals surface area contributed by atoms with Crippen molar-refractivity contribution in [2.24, 2.45) is 5.92 Å². The molecule has 1 atom stereocenters. The number of nitrogens with one attached hydrogen (secondary N) is 3. The van der Waals surface area contributed by atoms with Gasteiger partial charge in [-0.05, 0) is 37.6 Å². The quantitative estimate of drug-likeness (QED) is 0.162. The van der Waals surface area contributed by atoms with Crippen LogP contribution in [0.3, 0.4) is 0 Å². The molecule has 9 nitrogen and oxygen atoms in total. The van der Waals surface area contributed by atoms with Crippen molar-refractivity contribution >= 4 is 17.7 Å². The van der Waals surface area contributed by atoms with Gasteiger partial charge in [0.05, 0.1) is 13.3 Å². The zero-order valence-corrected chi connectivity index (χ0v) is 18.5. The number of hydrogen-bond acceptors (Lipinski definition) is 6. The molecular formula is C23H31N3O6. The molecule has 0 aliphatic carbocycles. The summed E-state index contributed by atoms with van der Waals surface area (Å²) in [6, 6.07) is 10.6. The third kappa shape index (κ3) is 7.73. The zero-order chi connectivity index (χ0) is 23.3. The van der Waals surface area contributed by atoms with Crippen molar-refractivity contribution in [3.05, 3.63) is 42.2 Å². The van der Waals surface area contributed by atoms with E-state index in [1.807, 2.05) is 38.1 Å². The minimum absolute atomic E-state index is 0.107. The monoisotopic (exact) mass is 445 g/mol. The highest BCUT2D eigenvalue weighted by atomic mass is 16.5. The van der Waals surface area contributed by atoms with Gasteiger partial charge in [-0.3, -0.25) is 19.6 Å². The zero-order valence-electron chi connectivity index (χ0n) is 18.5. The average molecular weight is 446 g/mol. The molecule has 3 amide bonds. The van der Waals surface area contributed by atoms with Gasteiger partial charge >= 0.3 is 0 Å². The van der Waals surface area contributed by atoms with Gasteiger partial charge in [-0.15, -0.1) is 0 Å². The van der Waals surface area contributed by atoms with Crippen molar-refractivity contribution in [2.75, 3.05) is 13.3 Å². The number of hydrogen-bond donors (Lipinski definition) is 4. The van der Waals surface area contributed by atoms with Crippen molar-refractivity contribution in [3.8, 4) is 17.1 Å². The third-order valence-corrected chi connectivity index (χ3v) is 4.85. The van der Waals surface area contributed by atoms with Crippen LogP contribution in [0.2, 0.25) is 0 Å². The van der Waals surface area contributed by atoms with E-state index in [2.05, 4.69) is 10.6 Å². The van der Waals surface area contributed by atoms with E-state index < -0.39 is 17.7 Å². The molecule has 0 unspecified atom stereocenters. The number of carbonyl (C=O) groups excluding carboxylic acids is 3. The molecule has 9 heteroatoms. The summed E-state index contributed by atoms with van der Waals surface area (Å²) in [4.78, 5) is 36.3. The molecule has 0 bridgehead atoms. The normalized spacial score (nSPS) is 11.5. The fraction of sp³-hybridized carbons (Fsp3) is 0.435. The van der Waals surface area contributed by atoms with E-state index in [0.717, 1.165) is 24.8 Å². The molecule has 0 fully saturated rings. The molecule has 4 N–H and O–H groups in total. The smallest absolute Gasteiger partial charge is 0.288 e. The van der Waals surface area contributed by atoms with E-state index in [4.69, 9.17) is 14.4 Å². The number of furan rings is 1. The molecule has 0 spiro atoms. The summed E-state index contributed by atoms with van der Waals surface area (Å²) in [5, 5.41) is 13.9. The van der Waals surface area contributed by atoms with Crippen molar-refractivity contribution < 1.29 is 28.7 Å². The first-order valence-electron chi connectivity index (χ1n) is 10.8. The first-order valence-corrected chi connectivity index (χ1v) is 10.8. The Balaban J connectivity index is 1.89. The summed E-state index contributed by atoms with van der Waals surface area (Å²) in [7, 11) is 0. The van der Waals surface area contributed by atoms with Crippen LogP contribution in [0.4, 0.5) is 0 Å². The minimum atomic E-state index is -0.623. The Morgan fingerprint density at radius 3 is 2.62 bits per heavy atom. The van der Waals surface area contributed by atoms with Crippen LogP contribution in [-0.2, 0) is 9.59 Å². The number of hydroxylamine groups is 1. The molecule has 32 heavy (non-hydrogen) atoms. The summed E-state index contributed by atoms with van der Waals surface area (Å²) in [5.41, 5.74) is 2.33. The highest BCUT2D eigenvalue weighted by Crippen LogP contribution is 2.26. The maximum Gasteiger partial charge on any atom is 0.288 e. The van der Waals surface area contributed by atoms with Gasteiger partial charge in [0.25, 0.3) is 5.91 Å². The number of amides is 3. The topological polar surface area (TPSA) is 130 Å². The Labute approximate surface area is 187 Å². The highest BCUT2D eigenvalue weighted by molar-refractivity contribution is 5.92. The molecule has 0 aliphatic heterocycles. The molecule has 0 saturated heterocycles. The van der Waals surface area contributed by atoms with Gasteiger partial charge in [0.1, 0.15) is 11.5 Å².